The number of carbonyl (C=O) groups excluding carboxylic acids is 1. The highest BCUT2D eigenvalue weighted by Gasteiger charge is 2.37. The first-order chi connectivity index (χ1) is 23.9. The number of aliphatic imine (C=N–C) groups is 2. The number of amidine groups is 1. The van der Waals surface area contributed by atoms with E-state index in [4.69, 9.17) is 23.9 Å². The molecule has 2 aliphatic rings. The fourth-order valence-corrected chi connectivity index (χ4v) is 7.03. The lowest BCUT2D eigenvalue weighted by Gasteiger charge is -2.26. The Kier molecular flexibility index (Phi) is 20.6. The lowest BCUT2D eigenvalue weighted by molar-refractivity contribution is -0.119. The molecule has 1 aromatic carbocycles. The van der Waals surface area contributed by atoms with Gasteiger partial charge in [0.1, 0.15) is 25.0 Å². The third kappa shape index (κ3) is 16.8. The number of nitrogens with zero attached hydrogens (tertiary/aromatic N) is 3. The van der Waals surface area contributed by atoms with E-state index in [0.29, 0.717) is 6.61 Å². The van der Waals surface area contributed by atoms with Gasteiger partial charge >= 0.3 is 7.60 Å². The average Bonchev–Trinajstić information content (AvgIpc) is 3.51. The van der Waals surface area contributed by atoms with Crippen LogP contribution in [-0.4, -0.2) is 80.5 Å². The van der Waals surface area contributed by atoms with E-state index in [9.17, 15) is 13.8 Å². The molecule has 0 saturated heterocycles. The van der Waals surface area contributed by atoms with Gasteiger partial charge in [0.05, 0.1) is 32.7 Å². The Hall–Kier alpha value is -2.50. The third-order valence-electron chi connectivity index (χ3n) is 8.58. The molecule has 49 heavy (non-hydrogen) atoms. The number of hydrogen-bond acceptors (Lipinski definition) is 9. The van der Waals surface area contributed by atoms with Crippen molar-refractivity contribution in [3.63, 3.8) is 0 Å². The lowest BCUT2D eigenvalue weighted by Crippen LogP contribution is -2.50. The second-order valence-electron chi connectivity index (χ2n) is 12.8. The van der Waals surface area contributed by atoms with Crippen molar-refractivity contribution in [2.24, 2.45) is 9.98 Å². The Morgan fingerprint density at radius 2 is 1.49 bits per heavy atom. The van der Waals surface area contributed by atoms with Crippen LogP contribution < -0.4 is 5.32 Å². The number of halogens is 1. The topological polar surface area (TPSA) is 135 Å². The van der Waals surface area contributed by atoms with Gasteiger partial charge in [-0.3, -0.25) is 25.1 Å². The largest absolute Gasteiger partial charge is 0.379 e. The van der Waals surface area contributed by atoms with E-state index in [1.54, 1.807) is 0 Å². The van der Waals surface area contributed by atoms with Crippen LogP contribution in [-0.2, 0) is 34.5 Å². The minimum absolute atomic E-state index is 0.0380. The molecule has 0 bridgehead atoms. The predicted molar refractivity (Wildman–Crippen MR) is 193 cm³/mol. The number of hydrogen-bond donors (Lipinski definition) is 2. The summed E-state index contributed by atoms with van der Waals surface area (Å²) in [5, 5.41) is 9.98. The molecule has 0 aliphatic carbocycles. The van der Waals surface area contributed by atoms with Gasteiger partial charge in [-0.1, -0.05) is 134 Å². The van der Waals surface area contributed by atoms with Gasteiger partial charge < -0.3 is 23.4 Å². The summed E-state index contributed by atoms with van der Waals surface area (Å²) in [7, 11) is -3.79. The highest BCUT2D eigenvalue weighted by Crippen LogP contribution is 2.49. The predicted octanol–water partition coefficient (Wildman–Crippen LogP) is 8.18. The molecular formula is C36H59FN5O6P. The Balaban J connectivity index is 1.27. The van der Waals surface area contributed by atoms with Crippen molar-refractivity contribution in [3.8, 4) is 0 Å². The van der Waals surface area contributed by atoms with Crippen molar-refractivity contribution in [2.45, 2.75) is 128 Å². The molecular weight excluding hydrogens is 648 g/mol. The van der Waals surface area contributed by atoms with Crippen LogP contribution in [0.4, 0.5) is 4.39 Å². The van der Waals surface area contributed by atoms with Crippen LogP contribution in [0.25, 0.3) is 0 Å². The molecule has 2 N–H and O–H groups in total. The first-order valence-electron chi connectivity index (χ1n) is 18.4. The summed E-state index contributed by atoms with van der Waals surface area (Å²) in [5.74, 6) is -0.568. The molecule has 0 radical (unpaired) electrons. The number of guanidine groups is 1. The van der Waals surface area contributed by atoms with E-state index in [1.807, 2.05) is 30.3 Å². The van der Waals surface area contributed by atoms with Gasteiger partial charge in [-0.05, 0) is 12.0 Å². The minimum Gasteiger partial charge on any atom is -0.379 e. The number of unbranched alkanes of at least 4 members (excludes halogenated alkanes) is 15. The zero-order valence-corrected chi connectivity index (χ0v) is 30.4. The number of fused-ring (bicyclic) bond motifs is 1. The summed E-state index contributed by atoms with van der Waals surface area (Å²) in [6.07, 6.45) is 20.9. The molecule has 1 amide bonds. The van der Waals surface area contributed by atoms with Crippen molar-refractivity contribution in [1.29, 1.82) is 5.41 Å². The van der Waals surface area contributed by atoms with E-state index in [1.165, 1.54) is 101 Å². The first-order valence-corrected chi connectivity index (χ1v) is 20.1. The number of alkyl halides is 1. The Morgan fingerprint density at radius 1 is 0.878 bits per heavy atom. The fourth-order valence-electron chi connectivity index (χ4n) is 5.72. The summed E-state index contributed by atoms with van der Waals surface area (Å²) in [4.78, 5) is 21.7. The molecule has 13 heteroatoms. The normalized spacial score (nSPS) is 17.6. The van der Waals surface area contributed by atoms with Gasteiger partial charge in [0.25, 0.3) is 5.91 Å². The quantitative estimate of drug-likeness (QED) is 0.0608. The van der Waals surface area contributed by atoms with Crippen molar-refractivity contribution in [3.05, 3.63) is 35.9 Å². The Bertz CT molecular complexity index is 1190. The monoisotopic (exact) mass is 707 g/mol. The maximum Gasteiger partial charge on any atom is 0.356 e. The van der Waals surface area contributed by atoms with Gasteiger partial charge in [0.15, 0.2) is 6.04 Å². The van der Waals surface area contributed by atoms with Crippen LogP contribution in [0.1, 0.15) is 115 Å². The molecule has 1 aromatic rings. The summed E-state index contributed by atoms with van der Waals surface area (Å²) in [6, 6.07) is 8.38. The smallest absolute Gasteiger partial charge is 0.356 e. The standard InChI is InChI=1S/C36H59FN5O6P/c1-2-3-4-5-6-7-8-9-10-11-12-13-14-15-16-20-23-45-24-25-47-49(44,48-28-31-21-18-17-19-22-31)30-46-32(26-37)27-42-29-39-33-34(42)40-36(38)41-35(33)43/h17-19,21-22,29,32-33H,2-16,20,23-28,30H2,1H3,(H2,38,41,43). The highest BCUT2D eigenvalue weighted by molar-refractivity contribution is 7.53. The Morgan fingerprint density at radius 3 is 2.10 bits per heavy atom. The molecule has 3 atom stereocenters. The maximum absolute atomic E-state index is 14.0. The number of nitrogens with one attached hydrogen (secondary N) is 2. The number of amides is 1. The number of carbonyl (C=O) groups is 1. The number of ether oxygens (including phenoxy) is 2. The van der Waals surface area contributed by atoms with Gasteiger partial charge in [-0.25, -0.2) is 4.39 Å². The van der Waals surface area contributed by atoms with E-state index in [2.05, 4.69) is 22.2 Å². The van der Waals surface area contributed by atoms with Crippen molar-refractivity contribution in [2.75, 3.05) is 39.4 Å². The lowest BCUT2D eigenvalue weighted by atomic mass is 10.0. The molecule has 0 spiro atoms. The molecule has 2 heterocycles. The summed E-state index contributed by atoms with van der Waals surface area (Å²) >= 11 is 0. The molecule has 11 nitrogen and oxygen atoms in total. The minimum atomic E-state index is -3.79. The van der Waals surface area contributed by atoms with E-state index >= 15 is 0 Å². The van der Waals surface area contributed by atoms with Crippen molar-refractivity contribution >= 4 is 31.6 Å². The van der Waals surface area contributed by atoms with Gasteiger partial charge in [-0.15, -0.1) is 0 Å². The van der Waals surface area contributed by atoms with Crippen LogP contribution >= 0.6 is 7.60 Å². The molecule has 0 fully saturated rings. The van der Waals surface area contributed by atoms with Gasteiger partial charge in [0, 0.05) is 6.61 Å². The Labute approximate surface area is 292 Å². The van der Waals surface area contributed by atoms with Crippen LogP contribution in [0.3, 0.4) is 0 Å². The van der Waals surface area contributed by atoms with Crippen LogP contribution in [0.15, 0.2) is 40.3 Å². The van der Waals surface area contributed by atoms with E-state index < -0.39 is 38.7 Å². The summed E-state index contributed by atoms with van der Waals surface area (Å²) < 4.78 is 50.5. The van der Waals surface area contributed by atoms with Crippen molar-refractivity contribution < 1.29 is 32.3 Å². The zero-order chi connectivity index (χ0) is 35.0. The SMILES string of the molecule is CCCCCCCCCCCCCCCCCCOCCOP(=O)(COC(CF)CN1C=NC2C(=O)NC(=N)N=C21)OCc1ccccc1. The van der Waals surface area contributed by atoms with Gasteiger partial charge in [-0.2, -0.15) is 4.99 Å². The fraction of sp³-hybridized carbons (Fsp3) is 0.722. The second-order valence-corrected chi connectivity index (χ2v) is 14.8. The van der Waals surface area contributed by atoms with Crippen LogP contribution in [0.5, 0.6) is 0 Å². The van der Waals surface area contributed by atoms with Crippen molar-refractivity contribution in [1.82, 2.24) is 10.2 Å². The summed E-state index contributed by atoms with van der Waals surface area (Å²) in [5.41, 5.74) is 0.809. The summed E-state index contributed by atoms with van der Waals surface area (Å²) in [6.45, 7) is 2.27. The maximum atomic E-state index is 14.0. The molecule has 3 rings (SSSR count). The number of benzene rings is 1. The first kappa shape index (κ1) is 40.9. The zero-order valence-electron chi connectivity index (χ0n) is 29.5. The third-order valence-corrected chi connectivity index (χ3v) is 10.1. The molecule has 2 aliphatic heterocycles. The molecule has 0 saturated carbocycles. The second kappa shape index (κ2) is 24.6. The van der Waals surface area contributed by atoms with Gasteiger partial charge in [0.2, 0.25) is 5.96 Å². The van der Waals surface area contributed by atoms with Crippen LogP contribution in [0, 0.1) is 5.41 Å². The van der Waals surface area contributed by atoms with E-state index in [-0.39, 0.29) is 38.2 Å². The molecule has 3 unspecified atom stereocenters. The van der Waals surface area contributed by atoms with E-state index in [0.717, 1.165) is 18.4 Å². The highest BCUT2D eigenvalue weighted by atomic mass is 31.2. The molecule has 276 valence electrons. The van der Waals surface area contributed by atoms with Crippen LogP contribution in [0.2, 0.25) is 0 Å². The molecule has 0 aromatic heterocycles. The number of rotatable bonds is 30. The average molecular weight is 708 g/mol.